The van der Waals surface area contributed by atoms with Crippen LogP contribution in [0.1, 0.15) is 51.9 Å². The predicted molar refractivity (Wildman–Crippen MR) is 81.0 cm³/mol. The van der Waals surface area contributed by atoms with Crippen LogP contribution in [-0.2, 0) is 4.79 Å². The molecule has 2 amide bonds. The average molecular weight is 296 g/mol. The van der Waals surface area contributed by atoms with Crippen molar-refractivity contribution < 1.29 is 14.7 Å². The van der Waals surface area contributed by atoms with Crippen LogP contribution in [0.15, 0.2) is 0 Å². The van der Waals surface area contributed by atoms with Crippen molar-refractivity contribution in [1.29, 1.82) is 0 Å². The second kappa shape index (κ2) is 7.66. The third kappa shape index (κ3) is 4.61. The van der Waals surface area contributed by atoms with Crippen molar-refractivity contribution in [2.24, 2.45) is 23.7 Å². The molecule has 4 atom stereocenters. The summed E-state index contributed by atoms with van der Waals surface area (Å²) in [5.74, 6) is 0.347. The molecule has 21 heavy (non-hydrogen) atoms. The van der Waals surface area contributed by atoms with Gasteiger partial charge in [0, 0.05) is 13.1 Å². The molecule has 120 valence electrons. The molecule has 0 aromatic carbocycles. The van der Waals surface area contributed by atoms with Crippen molar-refractivity contribution in [2.45, 2.75) is 51.9 Å². The maximum atomic E-state index is 11.9. The molecule has 2 aliphatic carbocycles. The van der Waals surface area contributed by atoms with Gasteiger partial charge < -0.3 is 15.7 Å². The number of amides is 2. The Bertz CT molecular complexity index is 373. The lowest BCUT2D eigenvalue weighted by atomic mass is 9.79. The second-order valence-electron chi connectivity index (χ2n) is 6.75. The van der Waals surface area contributed by atoms with Gasteiger partial charge in [0.15, 0.2) is 0 Å². The maximum Gasteiger partial charge on any atom is 0.314 e. The van der Waals surface area contributed by atoms with Gasteiger partial charge in [0.2, 0.25) is 0 Å². The van der Waals surface area contributed by atoms with Gasteiger partial charge >= 0.3 is 12.0 Å². The number of nitrogens with one attached hydrogen (secondary N) is 2. The average Bonchev–Trinajstić information content (AvgIpc) is 2.88. The summed E-state index contributed by atoms with van der Waals surface area (Å²) < 4.78 is 0. The van der Waals surface area contributed by atoms with Crippen LogP contribution in [0, 0.1) is 23.7 Å². The molecule has 4 unspecified atom stereocenters. The lowest BCUT2D eigenvalue weighted by molar-refractivity contribution is -0.144. The van der Waals surface area contributed by atoms with Gasteiger partial charge in [-0.15, -0.1) is 0 Å². The number of aliphatic carboxylic acids is 1. The monoisotopic (exact) mass is 296 g/mol. The molecule has 0 saturated heterocycles. The Kier molecular flexibility index (Phi) is 5.88. The van der Waals surface area contributed by atoms with E-state index in [9.17, 15) is 14.7 Å². The van der Waals surface area contributed by atoms with Gasteiger partial charge in [-0.3, -0.25) is 4.79 Å². The summed E-state index contributed by atoms with van der Waals surface area (Å²) in [4.78, 5) is 23.1. The number of hydrogen-bond acceptors (Lipinski definition) is 2. The highest BCUT2D eigenvalue weighted by Gasteiger charge is 2.31. The van der Waals surface area contributed by atoms with Gasteiger partial charge in [0.1, 0.15) is 0 Å². The Labute approximate surface area is 126 Å². The number of carboxylic acid groups (broad SMARTS) is 1. The fraction of sp³-hybridized carbons (Fsp3) is 0.875. The van der Waals surface area contributed by atoms with E-state index in [1.165, 1.54) is 19.3 Å². The van der Waals surface area contributed by atoms with Crippen molar-refractivity contribution in [3.8, 4) is 0 Å². The molecule has 0 bridgehead atoms. The van der Waals surface area contributed by atoms with E-state index >= 15 is 0 Å². The molecular weight excluding hydrogens is 268 g/mol. The van der Waals surface area contributed by atoms with E-state index in [-0.39, 0.29) is 17.9 Å². The standard InChI is InChI=1S/C16H28N2O3/c1-11-5-4-7-12(11)9-17-16(21)18-10-13-6-2-3-8-14(13)15(19)20/h11-14H,2-10H2,1H3,(H,19,20)(H2,17,18,21). The molecule has 2 fully saturated rings. The van der Waals surface area contributed by atoms with Crippen LogP contribution in [0.4, 0.5) is 4.79 Å². The molecule has 2 saturated carbocycles. The SMILES string of the molecule is CC1CCCC1CNC(=O)NCC1CCCCC1C(=O)O. The summed E-state index contributed by atoms with van der Waals surface area (Å²) in [5, 5.41) is 15.0. The van der Waals surface area contributed by atoms with E-state index < -0.39 is 5.97 Å². The molecule has 2 aliphatic rings. The van der Waals surface area contributed by atoms with E-state index in [2.05, 4.69) is 17.6 Å². The summed E-state index contributed by atoms with van der Waals surface area (Å²) in [6, 6.07) is -0.149. The Morgan fingerprint density at radius 1 is 0.952 bits per heavy atom. The minimum absolute atomic E-state index is 0.0763. The van der Waals surface area contributed by atoms with E-state index in [4.69, 9.17) is 0 Å². The molecule has 3 N–H and O–H groups in total. The van der Waals surface area contributed by atoms with Crippen molar-refractivity contribution in [2.75, 3.05) is 13.1 Å². The molecule has 2 rings (SSSR count). The molecule has 0 heterocycles. The van der Waals surface area contributed by atoms with E-state index in [0.29, 0.717) is 18.4 Å². The normalized spacial score (nSPS) is 32.6. The van der Waals surface area contributed by atoms with Crippen LogP contribution in [-0.4, -0.2) is 30.2 Å². The van der Waals surface area contributed by atoms with Crippen LogP contribution in [0.5, 0.6) is 0 Å². The zero-order valence-electron chi connectivity index (χ0n) is 12.9. The fourth-order valence-electron chi connectivity index (χ4n) is 3.81. The molecule has 0 aromatic heterocycles. The number of carboxylic acids is 1. The summed E-state index contributed by atoms with van der Waals surface area (Å²) in [6.45, 7) is 3.46. The molecule has 0 spiro atoms. The van der Waals surface area contributed by atoms with Gasteiger partial charge in [0.25, 0.3) is 0 Å². The Balaban J connectivity index is 1.69. The highest BCUT2D eigenvalue weighted by Crippen LogP contribution is 2.31. The highest BCUT2D eigenvalue weighted by atomic mass is 16.4. The van der Waals surface area contributed by atoms with Crippen LogP contribution < -0.4 is 10.6 Å². The van der Waals surface area contributed by atoms with Crippen LogP contribution in [0.25, 0.3) is 0 Å². The van der Waals surface area contributed by atoms with Gasteiger partial charge in [-0.1, -0.05) is 32.6 Å². The zero-order chi connectivity index (χ0) is 15.2. The Hall–Kier alpha value is -1.26. The fourth-order valence-corrected chi connectivity index (χ4v) is 3.81. The second-order valence-corrected chi connectivity index (χ2v) is 6.75. The van der Waals surface area contributed by atoms with Gasteiger partial charge in [-0.25, -0.2) is 4.79 Å². The number of carbonyl (C=O) groups is 2. The quantitative estimate of drug-likeness (QED) is 0.729. The first-order chi connectivity index (χ1) is 10.1. The van der Waals surface area contributed by atoms with E-state index in [1.807, 2.05) is 0 Å². The van der Waals surface area contributed by atoms with Crippen molar-refractivity contribution in [3.63, 3.8) is 0 Å². The first-order valence-corrected chi connectivity index (χ1v) is 8.32. The zero-order valence-corrected chi connectivity index (χ0v) is 12.9. The third-order valence-corrected chi connectivity index (χ3v) is 5.32. The van der Waals surface area contributed by atoms with Gasteiger partial charge in [0.05, 0.1) is 5.92 Å². The summed E-state index contributed by atoms with van der Waals surface area (Å²) in [6.07, 6.45) is 7.41. The topological polar surface area (TPSA) is 78.4 Å². The largest absolute Gasteiger partial charge is 0.481 e. The molecule has 5 nitrogen and oxygen atoms in total. The predicted octanol–water partition coefficient (Wildman–Crippen LogP) is 2.61. The Morgan fingerprint density at radius 2 is 1.57 bits per heavy atom. The Morgan fingerprint density at radius 3 is 2.19 bits per heavy atom. The first kappa shape index (κ1) is 16.1. The van der Waals surface area contributed by atoms with E-state index in [1.54, 1.807) is 0 Å². The summed E-state index contributed by atoms with van der Waals surface area (Å²) in [7, 11) is 0. The lowest BCUT2D eigenvalue weighted by Crippen LogP contribution is -2.43. The van der Waals surface area contributed by atoms with E-state index in [0.717, 1.165) is 32.2 Å². The first-order valence-electron chi connectivity index (χ1n) is 8.32. The highest BCUT2D eigenvalue weighted by molar-refractivity contribution is 5.74. The molecule has 5 heteroatoms. The number of urea groups is 1. The number of hydrogen-bond donors (Lipinski definition) is 3. The van der Waals surface area contributed by atoms with Crippen molar-refractivity contribution in [3.05, 3.63) is 0 Å². The summed E-state index contributed by atoms with van der Waals surface area (Å²) >= 11 is 0. The van der Waals surface area contributed by atoms with Crippen molar-refractivity contribution in [1.82, 2.24) is 10.6 Å². The van der Waals surface area contributed by atoms with Crippen LogP contribution >= 0.6 is 0 Å². The molecule has 0 aromatic rings. The van der Waals surface area contributed by atoms with Gasteiger partial charge in [-0.2, -0.15) is 0 Å². The third-order valence-electron chi connectivity index (χ3n) is 5.32. The summed E-state index contributed by atoms with van der Waals surface area (Å²) in [5.41, 5.74) is 0. The number of rotatable bonds is 5. The lowest BCUT2D eigenvalue weighted by Gasteiger charge is -2.28. The number of carbonyl (C=O) groups excluding carboxylic acids is 1. The van der Waals surface area contributed by atoms with Crippen molar-refractivity contribution >= 4 is 12.0 Å². The van der Waals surface area contributed by atoms with Gasteiger partial charge in [-0.05, 0) is 37.0 Å². The maximum absolute atomic E-state index is 11.9. The molecule has 0 aliphatic heterocycles. The minimum Gasteiger partial charge on any atom is -0.481 e. The molecule has 0 radical (unpaired) electrons. The smallest absolute Gasteiger partial charge is 0.314 e. The minimum atomic E-state index is -0.721. The molecular formula is C16H28N2O3. The van der Waals surface area contributed by atoms with Crippen LogP contribution in [0.2, 0.25) is 0 Å². The van der Waals surface area contributed by atoms with Crippen LogP contribution in [0.3, 0.4) is 0 Å².